The maximum absolute atomic E-state index is 12.4. The van der Waals surface area contributed by atoms with Crippen LogP contribution in [0.3, 0.4) is 0 Å². The first-order valence-electron chi connectivity index (χ1n) is 6.30. The number of aliphatic carboxylic acids is 1. The quantitative estimate of drug-likeness (QED) is 0.850. The number of piperidine rings is 1. The lowest BCUT2D eigenvalue weighted by atomic mass is 9.97. The summed E-state index contributed by atoms with van der Waals surface area (Å²) < 4.78 is 0. The van der Waals surface area contributed by atoms with Gasteiger partial charge in [-0.15, -0.1) is 0 Å². The maximum Gasteiger partial charge on any atom is 0.308 e. The Kier molecular flexibility index (Phi) is 3.74. The highest BCUT2D eigenvalue weighted by atomic mass is 16.4. The number of hydrogen-bond acceptors (Lipinski definition) is 3. The molecular formula is C14H17NO4. The van der Waals surface area contributed by atoms with E-state index in [1.54, 1.807) is 17.9 Å². The van der Waals surface area contributed by atoms with E-state index in [4.69, 9.17) is 5.11 Å². The molecule has 1 atom stereocenters. The van der Waals surface area contributed by atoms with Crippen LogP contribution >= 0.6 is 0 Å². The molecule has 0 bridgehead atoms. The minimum absolute atomic E-state index is 0.121. The van der Waals surface area contributed by atoms with Gasteiger partial charge in [0.2, 0.25) is 0 Å². The second kappa shape index (κ2) is 5.30. The summed E-state index contributed by atoms with van der Waals surface area (Å²) in [5.74, 6) is -1.37. The summed E-state index contributed by atoms with van der Waals surface area (Å²) in [6.45, 7) is 2.60. The number of carbonyl (C=O) groups excluding carboxylic acids is 1. The van der Waals surface area contributed by atoms with Gasteiger partial charge in [0.1, 0.15) is 5.75 Å². The number of phenols is 1. The third kappa shape index (κ3) is 2.86. The van der Waals surface area contributed by atoms with Crippen LogP contribution in [0.2, 0.25) is 0 Å². The van der Waals surface area contributed by atoms with Crippen LogP contribution < -0.4 is 0 Å². The van der Waals surface area contributed by atoms with Crippen LogP contribution in [0.4, 0.5) is 0 Å². The van der Waals surface area contributed by atoms with E-state index < -0.39 is 11.9 Å². The van der Waals surface area contributed by atoms with Crippen molar-refractivity contribution in [3.63, 3.8) is 0 Å². The highest BCUT2D eigenvalue weighted by Gasteiger charge is 2.29. The molecule has 1 amide bonds. The summed E-state index contributed by atoms with van der Waals surface area (Å²) in [5, 5.41) is 18.4. The van der Waals surface area contributed by atoms with Crippen LogP contribution in [0, 0.1) is 12.8 Å². The summed E-state index contributed by atoms with van der Waals surface area (Å²) in [5.41, 5.74) is 1.21. The molecule has 0 aromatic heterocycles. The van der Waals surface area contributed by atoms with E-state index in [0.29, 0.717) is 30.5 Å². The lowest BCUT2D eigenvalue weighted by molar-refractivity contribution is -0.143. The first-order valence-corrected chi connectivity index (χ1v) is 6.30. The van der Waals surface area contributed by atoms with E-state index in [-0.39, 0.29) is 18.2 Å². The number of carbonyl (C=O) groups is 2. The van der Waals surface area contributed by atoms with Gasteiger partial charge in [-0.3, -0.25) is 9.59 Å². The molecule has 0 saturated carbocycles. The molecule has 0 radical (unpaired) electrons. The lowest BCUT2D eigenvalue weighted by Gasteiger charge is -2.31. The molecule has 1 aromatic carbocycles. The van der Waals surface area contributed by atoms with Gasteiger partial charge >= 0.3 is 5.97 Å². The monoisotopic (exact) mass is 263 g/mol. The molecule has 102 valence electrons. The topological polar surface area (TPSA) is 77.8 Å². The summed E-state index contributed by atoms with van der Waals surface area (Å²) >= 11 is 0. The van der Waals surface area contributed by atoms with E-state index in [1.807, 2.05) is 0 Å². The molecule has 1 unspecified atom stereocenters. The van der Waals surface area contributed by atoms with Gasteiger partial charge in [0.25, 0.3) is 5.91 Å². The number of carboxylic acids is 1. The van der Waals surface area contributed by atoms with Gasteiger partial charge in [0.15, 0.2) is 0 Å². The number of rotatable bonds is 2. The number of benzene rings is 1. The zero-order valence-electron chi connectivity index (χ0n) is 10.8. The van der Waals surface area contributed by atoms with Crippen molar-refractivity contribution in [3.05, 3.63) is 29.3 Å². The third-order valence-electron chi connectivity index (χ3n) is 3.50. The van der Waals surface area contributed by atoms with Crippen molar-refractivity contribution < 1.29 is 19.8 Å². The van der Waals surface area contributed by atoms with Gasteiger partial charge in [-0.2, -0.15) is 0 Å². The number of phenolic OH excluding ortho intramolecular Hbond substituents is 1. The molecule has 1 heterocycles. The van der Waals surface area contributed by atoms with Crippen molar-refractivity contribution in [1.29, 1.82) is 0 Å². The Morgan fingerprint density at radius 1 is 1.37 bits per heavy atom. The van der Waals surface area contributed by atoms with E-state index in [1.165, 1.54) is 12.1 Å². The Morgan fingerprint density at radius 3 is 2.74 bits per heavy atom. The highest BCUT2D eigenvalue weighted by molar-refractivity contribution is 5.96. The van der Waals surface area contributed by atoms with Crippen LogP contribution in [0.1, 0.15) is 28.8 Å². The fourth-order valence-electron chi connectivity index (χ4n) is 2.42. The number of likely N-dealkylation sites (tertiary alicyclic amines) is 1. The predicted molar refractivity (Wildman–Crippen MR) is 69.1 cm³/mol. The second-order valence-electron chi connectivity index (χ2n) is 4.93. The molecule has 0 spiro atoms. The fraction of sp³-hybridized carbons (Fsp3) is 0.429. The average molecular weight is 263 g/mol. The Balaban J connectivity index is 2.17. The van der Waals surface area contributed by atoms with Gasteiger partial charge in [0, 0.05) is 18.7 Å². The van der Waals surface area contributed by atoms with Gasteiger partial charge < -0.3 is 15.1 Å². The maximum atomic E-state index is 12.4. The van der Waals surface area contributed by atoms with Crippen molar-refractivity contribution in [2.45, 2.75) is 19.8 Å². The van der Waals surface area contributed by atoms with Crippen molar-refractivity contribution in [2.24, 2.45) is 5.92 Å². The second-order valence-corrected chi connectivity index (χ2v) is 4.93. The van der Waals surface area contributed by atoms with Crippen LogP contribution in [0.25, 0.3) is 0 Å². The number of nitrogens with zero attached hydrogens (tertiary/aromatic N) is 1. The Hall–Kier alpha value is -2.04. The standard InChI is InChI=1S/C14H17NO4/c1-9-7-11(16)4-5-12(9)13(17)15-6-2-3-10(8-15)14(18)19/h4-5,7,10,16H,2-3,6,8H2,1H3,(H,18,19). The molecule has 1 aromatic rings. The third-order valence-corrected chi connectivity index (χ3v) is 3.50. The van der Waals surface area contributed by atoms with Crippen molar-refractivity contribution in [1.82, 2.24) is 4.90 Å². The van der Waals surface area contributed by atoms with Gasteiger partial charge in [-0.1, -0.05) is 0 Å². The van der Waals surface area contributed by atoms with Crippen LogP contribution in [-0.2, 0) is 4.79 Å². The molecule has 19 heavy (non-hydrogen) atoms. The van der Waals surface area contributed by atoms with Crippen molar-refractivity contribution >= 4 is 11.9 Å². The first-order chi connectivity index (χ1) is 8.99. The van der Waals surface area contributed by atoms with Gasteiger partial charge in [-0.25, -0.2) is 0 Å². The van der Waals surface area contributed by atoms with E-state index >= 15 is 0 Å². The predicted octanol–water partition coefficient (Wildman–Crippen LogP) is 1.64. The van der Waals surface area contributed by atoms with Crippen LogP contribution in [0.15, 0.2) is 18.2 Å². The zero-order valence-corrected chi connectivity index (χ0v) is 10.8. The van der Waals surface area contributed by atoms with E-state index in [2.05, 4.69) is 0 Å². The molecule has 2 rings (SSSR count). The van der Waals surface area contributed by atoms with Gasteiger partial charge in [-0.05, 0) is 43.5 Å². The fourth-order valence-corrected chi connectivity index (χ4v) is 2.42. The van der Waals surface area contributed by atoms with Crippen molar-refractivity contribution in [2.75, 3.05) is 13.1 Å². The number of aryl methyl sites for hydroxylation is 1. The molecule has 1 saturated heterocycles. The van der Waals surface area contributed by atoms with Crippen LogP contribution in [-0.4, -0.2) is 40.1 Å². The number of amides is 1. The minimum atomic E-state index is -0.847. The first kappa shape index (κ1) is 13.4. The molecule has 2 N–H and O–H groups in total. The van der Waals surface area contributed by atoms with Gasteiger partial charge in [0.05, 0.1) is 5.92 Å². The minimum Gasteiger partial charge on any atom is -0.508 e. The molecule has 0 aliphatic carbocycles. The molecule has 1 fully saturated rings. The molecule has 1 aliphatic heterocycles. The summed E-state index contributed by atoms with van der Waals surface area (Å²) in [7, 11) is 0. The van der Waals surface area contributed by atoms with Crippen LogP contribution in [0.5, 0.6) is 5.75 Å². The largest absolute Gasteiger partial charge is 0.508 e. The Bertz CT molecular complexity index is 512. The number of aromatic hydroxyl groups is 1. The lowest BCUT2D eigenvalue weighted by Crippen LogP contribution is -2.42. The number of carboxylic acid groups (broad SMARTS) is 1. The highest BCUT2D eigenvalue weighted by Crippen LogP contribution is 2.22. The zero-order chi connectivity index (χ0) is 14.0. The molecular weight excluding hydrogens is 246 g/mol. The summed E-state index contributed by atoms with van der Waals surface area (Å²) in [4.78, 5) is 24.9. The molecule has 5 heteroatoms. The molecule has 5 nitrogen and oxygen atoms in total. The smallest absolute Gasteiger partial charge is 0.308 e. The van der Waals surface area contributed by atoms with Crippen molar-refractivity contribution in [3.8, 4) is 5.75 Å². The van der Waals surface area contributed by atoms with E-state index in [0.717, 1.165) is 0 Å². The Morgan fingerprint density at radius 2 is 2.11 bits per heavy atom. The SMILES string of the molecule is Cc1cc(O)ccc1C(=O)N1CCCC(C(=O)O)C1. The summed E-state index contributed by atoms with van der Waals surface area (Å²) in [6, 6.07) is 4.59. The number of hydrogen-bond donors (Lipinski definition) is 2. The average Bonchev–Trinajstić information content (AvgIpc) is 2.38. The van der Waals surface area contributed by atoms with E-state index in [9.17, 15) is 14.7 Å². The normalized spacial score (nSPS) is 19.2. The molecule has 1 aliphatic rings. The summed E-state index contributed by atoms with van der Waals surface area (Å²) in [6.07, 6.45) is 1.33. The Labute approximate surface area is 111 Å².